The number of amides is 1. The van der Waals surface area contributed by atoms with E-state index in [0.717, 1.165) is 158 Å². The van der Waals surface area contributed by atoms with Crippen LogP contribution in [0.15, 0.2) is 272 Å². The quantitative estimate of drug-likeness (QED) is 0.0940. The predicted octanol–water partition coefficient (Wildman–Crippen LogP) is 27.1. The second kappa shape index (κ2) is 41.6. The van der Waals surface area contributed by atoms with Gasteiger partial charge in [0.1, 0.15) is 53.3 Å². The van der Waals surface area contributed by atoms with Crippen molar-refractivity contribution >= 4 is 104 Å². The first kappa shape index (κ1) is 97.8. The molecule has 0 spiro atoms. The van der Waals surface area contributed by atoms with Gasteiger partial charge in [-0.3, -0.25) is 48.9 Å². The van der Waals surface area contributed by atoms with Gasteiger partial charge in [-0.2, -0.15) is 13.2 Å². The number of nitrogens with zero attached hydrogens (tertiary/aromatic N) is 10. The van der Waals surface area contributed by atoms with Gasteiger partial charge >= 0.3 is 6.18 Å². The molecule has 0 fully saturated rings. The molecule has 0 saturated heterocycles. The number of benzene rings is 10. The fourth-order valence-electron chi connectivity index (χ4n) is 17.8. The molecule has 0 radical (unpaired) electrons. The molecule has 10 heterocycles. The number of carbonyl (C=O) groups excluding carboxylic acids is 5. The highest BCUT2D eigenvalue weighted by molar-refractivity contribution is 6.37. The number of rotatable bonds is 16. The maximum Gasteiger partial charge on any atom is 0.416 e. The summed E-state index contributed by atoms with van der Waals surface area (Å²) < 4.78 is 67.1. The van der Waals surface area contributed by atoms with Crippen LogP contribution in [0.4, 0.5) is 13.2 Å². The highest BCUT2D eigenvalue weighted by Crippen LogP contribution is 2.49. The van der Waals surface area contributed by atoms with Gasteiger partial charge in [-0.1, -0.05) is 259 Å². The summed E-state index contributed by atoms with van der Waals surface area (Å²) in [4.78, 5) is 84.7. The number of Topliss-reactive ketones (excluding diaryl/α,β-unsaturated/α-hetero) is 4. The van der Waals surface area contributed by atoms with Crippen molar-refractivity contribution in [3.05, 3.63) is 380 Å². The van der Waals surface area contributed by atoms with Crippen molar-refractivity contribution in [3.8, 4) is 55.6 Å². The smallest absolute Gasteiger partial charge is 0.358 e. The van der Waals surface area contributed by atoms with Gasteiger partial charge < -0.3 is 27.9 Å². The number of ketones is 4. The van der Waals surface area contributed by atoms with E-state index in [1.54, 1.807) is 45.9 Å². The molecule has 5 aliphatic rings. The number of alkyl halides is 3. The number of hydrogen-bond donors (Lipinski definition) is 1. The van der Waals surface area contributed by atoms with Crippen LogP contribution in [0.5, 0.6) is 0 Å². The van der Waals surface area contributed by atoms with Crippen LogP contribution in [0, 0.1) is 55.4 Å². The Labute approximate surface area is 821 Å². The average Bonchev–Trinajstić information content (AvgIpc) is 1.61. The van der Waals surface area contributed by atoms with Crippen LogP contribution < -0.4 is 5.32 Å². The lowest BCUT2D eigenvalue weighted by Crippen LogP contribution is -2.31. The number of aryl methyl sites for hydroxylation is 8. The number of halogens is 7. The summed E-state index contributed by atoms with van der Waals surface area (Å²) in [6.45, 7) is 25.6. The molecule has 0 bridgehead atoms. The zero-order valence-corrected chi connectivity index (χ0v) is 81.6. The topological polar surface area (TPSA) is 289 Å². The number of hydrogen-bond acceptors (Lipinski definition) is 20. The van der Waals surface area contributed by atoms with Crippen molar-refractivity contribution in [2.75, 3.05) is 0 Å². The lowest BCUT2D eigenvalue weighted by Gasteiger charge is -2.13. The van der Waals surface area contributed by atoms with Crippen LogP contribution in [0.3, 0.4) is 0 Å². The first-order valence-corrected chi connectivity index (χ1v) is 46.7. The van der Waals surface area contributed by atoms with E-state index < -0.39 is 35.9 Å². The number of carbonyl (C=O) groups is 5. The molecule has 5 atom stereocenters. The maximum atomic E-state index is 13.0. The minimum atomic E-state index is -4.44. The fraction of sp³-hybridized carbons (Fsp3) is 0.234. The summed E-state index contributed by atoms with van der Waals surface area (Å²) in [7, 11) is 0. The van der Waals surface area contributed by atoms with E-state index in [1.165, 1.54) is 35.7 Å². The number of aromatic nitrogens is 5. The van der Waals surface area contributed by atoms with Crippen molar-refractivity contribution in [3.63, 3.8) is 0 Å². The zero-order chi connectivity index (χ0) is 98.7. The first-order valence-electron chi connectivity index (χ1n) is 45.2. The molecule has 21 nitrogen and oxygen atoms in total. The van der Waals surface area contributed by atoms with Crippen LogP contribution >= 0.6 is 46.4 Å². The number of nitrogens with one attached hydrogen (secondary N) is 1. The highest BCUT2D eigenvalue weighted by atomic mass is 35.5. The van der Waals surface area contributed by atoms with Crippen molar-refractivity contribution in [2.24, 2.45) is 25.0 Å². The summed E-state index contributed by atoms with van der Waals surface area (Å²) >= 11 is 25.3. The summed E-state index contributed by atoms with van der Waals surface area (Å²) in [6.07, 6.45) is -3.36. The van der Waals surface area contributed by atoms with Crippen molar-refractivity contribution in [2.45, 2.75) is 171 Å². The van der Waals surface area contributed by atoms with Gasteiger partial charge in [0.15, 0.2) is 28.8 Å². The Morgan fingerprint density at radius 2 is 0.576 bits per heavy atom. The van der Waals surface area contributed by atoms with Gasteiger partial charge in [-0.25, -0.2) is 0 Å². The second-order valence-electron chi connectivity index (χ2n) is 35.4. The molecule has 0 saturated carbocycles. The van der Waals surface area contributed by atoms with Crippen LogP contribution in [0.1, 0.15) is 239 Å². The van der Waals surface area contributed by atoms with Gasteiger partial charge in [0, 0.05) is 102 Å². The zero-order valence-electron chi connectivity index (χ0n) is 78.6. The van der Waals surface area contributed by atoms with E-state index in [-0.39, 0.29) is 66.8 Å². The van der Waals surface area contributed by atoms with Crippen molar-refractivity contribution < 1.29 is 59.8 Å². The molecule has 28 heteroatoms. The summed E-state index contributed by atoms with van der Waals surface area (Å²) in [5.74, 6) is 3.00. The third-order valence-corrected chi connectivity index (χ3v) is 25.2. The molecular formula is C111H96Cl4F3N11O10. The van der Waals surface area contributed by atoms with Gasteiger partial charge in [-0.05, 0) is 179 Å². The van der Waals surface area contributed by atoms with Gasteiger partial charge in [0.2, 0.25) is 5.91 Å². The molecular weight excluding hydrogens is 1850 g/mol. The Hall–Kier alpha value is -14.3. The van der Waals surface area contributed by atoms with E-state index in [1.807, 2.05) is 189 Å². The summed E-state index contributed by atoms with van der Waals surface area (Å²) in [6, 6.07) is 67.7. The molecule has 10 aromatic carbocycles. The Kier molecular flexibility index (Phi) is 29.2. The third-order valence-electron chi connectivity index (χ3n) is 24.1. The van der Waals surface area contributed by atoms with E-state index in [9.17, 15) is 37.1 Å². The van der Waals surface area contributed by atoms with E-state index in [4.69, 9.17) is 94.0 Å². The lowest BCUT2D eigenvalue weighted by molar-refractivity contribution is -0.137. The van der Waals surface area contributed by atoms with Gasteiger partial charge in [-0.15, -0.1) is 0 Å². The average molecular weight is 1940 g/mol. The molecule has 5 aliphatic heterocycles. The summed E-state index contributed by atoms with van der Waals surface area (Å²) in [5, 5.41) is 25.9. The van der Waals surface area contributed by atoms with Crippen LogP contribution in [-0.4, -0.2) is 89.4 Å². The monoisotopic (exact) mass is 1940 g/mol. The fourth-order valence-corrected chi connectivity index (χ4v) is 18.5. The Balaban J connectivity index is 0.000000126. The minimum Gasteiger partial charge on any atom is -0.358 e. The van der Waals surface area contributed by atoms with E-state index >= 15 is 0 Å². The molecule has 5 aromatic heterocycles. The molecule has 1 amide bonds. The molecule has 1 N–H and O–H groups in total. The Morgan fingerprint density at radius 1 is 0.309 bits per heavy atom. The predicted molar refractivity (Wildman–Crippen MR) is 536 cm³/mol. The Morgan fingerprint density at radius 3 is 0.899 bits per heavy atom. The van der Waals surface area contributed by atoms with Crippen molar-refractivity contribution in [1.29, 1.82) is 0 Å². The molecule has 139 heavy (non-hydrogen) atoms. The highest BCUT2D eigenvalue weighted by Gasteiger charge is 2.39. The molecule has 0 aliphatic carbocycles. The summed E-state index contributed by atoms with van der Waals surface area (Å²) in [5.41, 5.74) is 28.2. The number of aliphatic imine (C=N–C) groups is 5. The Bertz CT molecular complexity index is 7430. The van der Waals surface area contributed by atoms with E-state index in [2.05, 4.69) is 86.6 Å². The SMILES string of the molecule is CC(=O)C[C@@H]1N=C(c2ccc(C(F)(F)F)cc2)c2cc(Cl)ccc2-c2c(C)noc21.CC(=O)C[C@@H]1N=C(c2ccc(C)cc2)c2c(Cl)cccc2-c2c(C)noc21.CC(=O)C[C@@H]1N=C(c2ccc(C)cc2)c2cc(Cl)ccc2-c2c(C)noc21.CC(=O)C[C@@H]1N=C(c2ccc(C)cc2)c2ccccc2-c2c(C)noc21.Cc1noc2c1-c1ccccc1C(c1ccc(Cl)cc1)=N[C@H]2CC(=O)NC(C)C. The van der Waals surface area contributed by atoms with Gasteiger partial charge in [0.25, 0.3) is 0 Å². The molecule has 15 aromatic rings. The normalized spacial score (nSPS) is 15.6. The third kappa shape index (κ3) is 21.4. The van der Waals surface area contributed by atoms with E-state index in [0.29, 0.717) is 77.8 Å². The van der Waals surface area contributed by atoms with Crippen LogP contribution in [0.25, 0.3) is 55.6 Å². The standard InChI is InChI=1S/C23H22ClN3O2.C22H16ClF3N2O2.2C22H19ClN2O2.C22H20N2O2/c1-13(2)25-20(28)12-19-23-21(14(3)27-29-23)17-6-4-5-7-18(17)22(26-19)15-8-10-16(24)11-9-15;1-11(29)9-18-21-19(12(2)28-30-21)16-8-7-15(23)10-17(16)20(27-18)13-3-5-14(6-4-13)22(24,25)26;1-12-4-6-15(7-5-12)21-18-11-16(23)8-9-17(18)20-14(3)25-27-22(20)19(24-21)10-13(2)26;1-12-7-9-15(10-8-12)21-20-16(5-4-6-17(20)23)19-14(3)25-27-22(19)18(24-21)11-13(2)26;1-13-8-10-16(11-9-13)21-18-7-5-4-6-17(18)20-15(3)24-26-22(20)19(23-21)12-14(2)25/h4-11,13,19H,12H2,1-3H3,(H,25,28);3-8,10,18H,9H2,1-2H3;4-9,11,19H,10H2,1-3H3;4-10,18H,11H2,1-3H3;4-11,19H,12H2,1-3H3/t19-;18-;19-;18-;19-/m00000/s1. The largest absolute Gasteiger partial charge is 0.416 e. The van der Waals surface area contributed by atoms with Crippen LogP contribution in [0.2, 0.25) is 20.1 Å². The second-order valence-corrected chi connectivity index (χ2v) is 37.1. The lowest BCUT2D eigenvalue weighted by atomic mass is 9.92. The molecule has 20 rings (SSSR count). The van der Waals surface area contributed by atoms with Gasteiger partial charge in [0.05, 0.1) is 102 Å². The maximum absolute atomic E-state index is 13.0. The van der Waals surface area contributed by atoms with Crippen molar-refractivity contribution in [1.82, 2.24) is 31.1 Å². The first-order chi connectivity index (χ1) is 66.5. The number of fused-ring (bicyclic) bond motifs is 15. The van der Waals surface area contributed by atoms with Crippen LogP contribution in [-0.2, 0) is 30.1 Å². The molecule has 704 valence electrons. The molecule has 0 unspecified atom stereocenters. The minimum absolute atomic E-state index is 0.0454.